The average Bonchev–Trinajstić information content (AvgIpc) is 2.89. The van der Waals surface area contributed by atoms with Crippen molar-refractivity contribution >= 4 is 12.4 Å². The van der Waals surface area contributed by atoms with Crippen molar-refractivity contribution in [3.8, 4) is 0 Å². The maximum Gasteiger partial charge on any atom is 0.416 e. The minimum absolute atomic E-state index is 0. The van der Waals surface area contributed by atoms with Gasteiger partial charge in [-0.05, 0) is 30.9 Å². The van der Waals surface area contributed by atoms with Gasteiger partial charge in [-0.15, -0.1) is 12.4 Å². The Balaban J connectivity index is 0.00000220. The van der Waals surface area contributed by atoms with Gasteiger partial charge in [-0.25, -0.2) is 4.39 Å². The highest BCUT2D eigenvalue weighted by Gasteiger charge is 2.33. The number of hydrogen-bond acceptors (Lipinski definition) is 2. The molecule has 1 aromatic rings. The van der Waals surface area contributed by atoms with Crippen molar-refractivity contribution in [3.05, 3.63) is 35.1 Å². The second-order valence-electron chi connectivity index (χ2n) is 5.29. The molecular weight excluding hydrogens is 310 g/mol. The van der Waals surface area contributed by atoms with Gasteiger partial charge in [-0.1, -0.05) is 18.9 Å². The molecule has 0 amide bonds. The Hall–Kier alpha value is -0.850. The van der Waals surface area contributed by atoms with E-state index in [-0.39, 0.29) is 23.9 Å². The van der Waals surface area contributed by atoms with Gasteiger partial charge >= 0.3 is 6.18 Å². The summed E-state index contributed by atoms with van der Waals surface area (Å²) < 4.78 is 51.2. The van der Waals surface area contributed by atoms with Crippen LogP contribution in [-0.2, 0) is 6.18 Å². The number of benzene rings is 1. The van der Waals surface area contributed by atoms with Crippen LogP contribution < -0.4 is 5.73 Å². The zero-order chi connectivity index (χ0) is 14.9. The van der Waals surface area contributed by atoms with Crippen LogP contribution in [0.4, 0.5) is 17.6 Å². The largest absolute Gasteiger partial charge is 0.416 e. The fourth-order valence-electron chi connectivity index (χ4n) is 2.75. The van der Waals surface area contributed by atoms with Crippen molar-refractivity contribution in [2.45, 2.75) is 44.0 Å². The Morgan fingerprint density at radius 1 is 1.19 bits per heavy atom. The van der Waals surface area contributed by atoms with E-state index in [0.717, 1.165) is 37.8 Å². The first-order valence-corrected chi connectivity index (χ1v) is 6.61. The summed E-state index contributed by atoms with van der Waals surface area (Å²) in [6.45, 7) is 0. The fourth-order valence-corrected chi connectivity index (χ4v) is 2.75. The molecule has 1 aliphatic carbocycles. The second-order valence-corrected chi connectivity index (χ2v) is 5.29. The Labute approximate surface area is 126 Å². The Bertz CT molecular complexity index is 475. The van der Waals surface area contributed by atoms with E-state index in [2.05, 4.69) is 0 Å². The monoisotopic (exact) mass is 327 g/mol. The maximum atomic E-state index is 13.8. The fraction of sp³-hybridized carbons (Fsp3) is 0.571. The predicted molar refractivity (Wildman–Crippen MR) is 73.5 cm³/mol. The van der Waals surface area contributed by atoms with E-state index in [9.17, 15) is 22.7 Å². The minimum Gasteiger partial charge on any atom is -0.391 e. The van der Waals surface area contributed by atoms with Crippen LogP contribution in [0.1, 0.15) is 42.9 Å². The van der Waals surface area contributed by atoms with E-state index in [1.54, 1.807) is 0 Å². The number of alkyl halides is 3. The molecule has 1 aromatic carbocycles. The highest BCUT2D eigenvalue weighted by atomic mass is 35.5. The first-order chi connectivity index (χ1) is 9.30. The molecular formula is C14H18ClF4NO. The van der Waals surface area contributed by atoms with E-state index in [1.165, 1.54) is 0 Å². The van der Waals surface area contributed by atoms with Crippen LogP contribution in [0.5, 0.6) is 0 Å². The zero-order valence-corrected chi connectivity index (χ0v) is 12.1. The standard InChI is InChI=1S/C14H17F4NO.ClH/c15-11-7-9(14(16,17)18)5-6-10(11)12(19)13(20)8-3-1-2-4-8;/h5-8,12-13,20H,1-4,19H2;1H/t12-,13+;/m1./s1. The summed E-state index contributed by atoms with van der Waals surface area (Å²) in [5.74, 6) is -1.03. The lowest BCUT2D eigenvalue weighted by molar-refractivity contribution is -0.137. The molecule has 1 aliphatic rings. The summed E-state index contributed by atoms with van der Waals surface area (Å²) in [7, 11) is 0. The number of aliphatic hydroxyl groups is 1. The molecule has 7 heteroatoms. The van der Waals surface area contributed by atoms with Crippen LogP contribution in [0.3, 0.4) is 0 Å². The molecule has 0 radical (unpaired) electrons. The molecule has 3 N–H and O–H groups in total. The molecule has 0 aromatic heterocycles. The molecule has 2 nitrogen and oxygen atoms in total. The van der Waals surface area contributed by atoms with E-state index in [0.29, 0.717) is 6.07 Å². The van der Waals surface area contributed by atoms with Gasteiger partial charge in [0.2, 0.25) is 0 Å². The van der Waals surface area contributed by atoms with E-state index in [1.807, 2.05) is 0 Å². The molecule has 0 saturated heterocycles. The third kappa shape index (κ3) is 4.08. The maximum absolute atomic E-state index is 13.8. The van der Waals surface area contributed by atoms with Crippen LogP contribution in [0.25, 0.3) is 0 Å². The quantitative estimate of drug-likeness (QED) is 0.829. The average molecular weight is 328 g/mol. The molecule has 0 unspecified atom stereocenters. The Morgan fingerprint density at radius 3 is 2.24 bits per heavy atom. The first-order valence-electron chi connectivity index (χ1n) is 6.61. The number of nitrogens with two attached hydrogens (primary N) is 1. The summed E-state index contributed by atoms with van der Waals surface area (Å²) in [5.41, 5.74) is 4.68. The number of halogens is 5. The predicted octanol–water partition coefficient (Wildman–Crippen LogP) is 3.82. The number of aliphatic hydroxyl groups excluding tert-OH is 1. The van der Waals surface area contributed by atoms with Gasteiger partial charge in [0, 0.05) is 5.56 Å². The summed E-state index contributed by atoms with van der Waals surface area (Å²) in [5, 5.41) is 10.1. The number of rotatable bonds is 3. The highest BCUT2D eigenvalue weighted by molar-refractivity contribution is 5.85. The van der Waals surface area contributed by atoms with Gasteiger partial charge in [0.15, 0.2) is 0 Å². The molecule has 2 rings (SSSR count). The zero-order valence-electron chi connectivity index (χ0n) is 11.2. The van der Waals surface area contributed by atoms with Crippen LogP contribution in [0.2, 0.25) is 0 Å². The molecule has 1 saturated carbocycles. The van der Waals surface area contributed by atoms with Crippen molar-refractivity contribution in [1.29, 1.82) is 0 Å². The lowest BCUT2D eigenvalue weighted by atomic mass is 9.90. The van der Waals surface area contributed by atoms with Crippen LogP contribution in [-0.4, -0.2) is 11.2 Å². The van der Waals surface area contributed by atoms with Crippen molar-refractivity contribution < 1.29 is 22.7 Å². The Morgan fingerprint density at radius 2 is 1.76 bits per heavy atom. The van der Waals surface area contributed by atoms with Gasteiger partial charge in [0.05, 0.1) is 17.7 Å². The van der Waals surface area contributed by atoms with Crippen LogP contribution in [0, 0.1) is 11.7 Å². The van der Waals surface area contributed by atoms with Gasteiger partial charge in [-0.3, -0.25) is 0 Å². The molecule has 1 fully saturated rings. The van der Waals surface area contributed by atoms with Gasteiger partial charge in [0.1, 0.15) is 5.82 Å². The van der Waals surface area contributed by atoms with Gasteiger partial charge in [-0.2, -0.15) is 13.2 Å². The van der Waals surface area contributed by atoms with E-state index >= 15 is 0 Å². The van der Waals surface area contributed by atoms with Crippen molar-refractivity contribution in [1.82, 2.24) is 0 Å². The summed E-state index contributed by atoms with van der Waals surface area (Å²) in [6, 6.07) is 1.23. The van der Waals surface area contributed by atoms with Crippen molar-refractivity contribution in [3.63, 3.8) is 0 Å². The van der Waals surface area contributed by atoms with Gasteiger partial charge in [0.25, 0.3) is 0 Å². The summed E-state index contributed by atoms with van der Waals surface area (Å²) in [6.07, 6.45) is -1.90. The van der Waals surface area contributed by atoms with Crippen molar-refractivity contribution in [2.24, 2.45) is 11.7 Å². The first kappa shape index (κ1) is 18.2. The highest BCUT2D eigenvalue weighted by Crippen LogP contribution is 2.35. The minimum atomic E-state index is -4.59. The normalized spacial score (nSPS) is 19.1. The molecule has 2 atom stereocenters. The lowest BCUT2D eigenvalue weighted by Crippen LogP contribution is -2.32. The molecule has 0 bridgehead atoms. The molecule has 120 valence electrons. The molecule has 0 spiro atoms. The molecule has 21 heavy (non-hydrogen) atoms. The lowest BCUT2D eigenvalue weighted by Gasteiger charge is -2.25. The van der Waals surface area contributed by atoms with Crippen LogP contribution >= 0.6 is 12.4 Å². The SMILES string of the molecule is Cl.N[C@H](c1ccc(C(F)(F)F)cc1F)[C@@H](O)C1CCCC1. The van der Waals surface area contributed by atoms with E-state index < -0.39 is 29.7 Å². The van der Waals surface area contributed by atoms with Gasteiger partial charge < -0.3 is 10.8 Å². The second kappa shape index (κ2) is 6.94. The van der Waals surface area contributed by atoms with Crippen molar-refractivity contribution in [2.75, 3.05) is 0 Å². The third-order valence-corrected chi connectivity index (χ3v) is 3.94. The third-order valence-electron chi connectivity index (χ3n) is 3.94. The summed E-state index contributed by atoms with van der Waals surface area (Å²) in [4.78, 5) is 0. The molecule has 0 heterocycles. The number of hydrogen-bond donors (Lipinski definition) is 2. The smallest absolute Gasteiger partial charge is 0.391 e. The topological polar surface area (TPSA) is 46.2 Å². The summed E-state index contributed by atoms with van der Waals surface area (Å²) >= 11 is 0. The van der Waals surface area contributed by atoms with E-state index in [4.69, 9.17) is 5.73 Å². The Kier molecular flexibility index (Phi) is 6.01. The molecule has 0 aliphatic heterocycles. The van der Waals surface area contributed by atoms with Crippen LogP contribution in [0.15, 0.2) is 18.2 Å².